The lowest BCUT2D eigenvalue weighted by molar-refractivity contribution is 0.0937. The van der Waals surface area contributed by atoms with Crippen LogP contribution in [0.15, 0.2) is 0 Å². The lowest BCUT2D eigenvalue weighted by atomic mass is 10.4. The van der Waals surface area contributed by atoms with Crippen molar-refractivity contribution < 1.29 is 14.2 Å². The Morgan fingerprint density at radius 3 is 2.40 bits per heavy atom. The van der Waals surface area contributed by atoms with Crippen molar-refractivity contribution in [1.29, 1.82) is 0 Å². The quantitative estimate of drug-likeness (QED) is 0.532. The highest BCUT2D eigenvalue weighted by molar-refractivity contribution is 5.68. The third-order valence-electron chi connectivity index (χ3n) is 2.47. The second kappa shape index (κ2) is 9.16. The molecule has 0 aromatic carbocycles. The Balaban J connectivity index is 2.27. The molecular weight excluding hydrogens is 262 g/mol. The lowest BCUT2D eigenvalue weighted by Crippen LogP contribution is -2.10. The summed E-state index contributed by atoms with van der Waals surface area (Å²) in [5.41, 5.74) is 11.8. The number of anilines is 3. The van der Waals surface area contributed by atoms with Gasteiger partial charge in [0.25, 0.3) is 0 Å². The van der Waals surface area contributed by atoms with Crippen molar-refractivity contribution in [2.45, 2.75) is 12.8 Å². The number of ether oxygens (including phenoxy) is 3. The summed E-state index contributed by atoms with van der Waals surface area (Å²) in [6.07, 6.45) is 1.63. The van der Waals surface area contributed by atoms with E-state index in [1.54, 1.807) is 14.2 Å². The molecule has 0 aliphatic rings. The zero-order valence-electron chi connectivity index (χ0n) is 12.0. The zero-order valence-corrected chi connectivity index (χ0v) is 12.0. The summed E-state index contributed by atoms with van der Waals surface area (Å²) in [5, 5.41) is 2.83. The van der Waals surface area contributed by atoms with E-state index in [1.807, 2.05) is 0 Å². The maximum atomic E-state index is 5.85. The van der Waals surface area contributed by atoms with Gasteiger partial charge in [-0.2, -0.15) is 9.97 Å². The molecule has 8 heteroatoms. The molecule has 1 aromatic rings. The van der Waals surface area contributed by atoms with Crippen LogP contribution in [0.4, 0.5) is 17.5 Å². The summed E-state index contributed by atoms with van der Waals surface area (Å²) in [4.78, 5) is 7.91. The third kappa shape index (κ3) is 5.45. The van der Waals surface area contributed by atoms with E-state index < -0.39 is 0 Å². The molecule has 0 aliphatic heterocycles. The SMILES string of the molecule is CNc1nc(N)nc(OCCCOCCCOC)c1N. The average Bonchev–Trinajstić information content (AvgIpc) is 2.44. The van der Waals surface area contributed by atoms with Crippen LogP contribution in [0, 0.1) is 0 Å². The summed E-state index contributed by atoms with van der Waals surface area (Å²) < 4.78 is 15.8. The molecule has 0 aliphatic carbocycles. The minimum absolute atomic E-state index is 0.120. The fraction of sp³-hybridized carbons (Fsp3) is 0.667. The van der Waals surface area contributed by atoms with Gasteiger partial charge in [-0.1, -0.05) is 0 Å². The third-order valence-corrected chi connectivity index (χ3v) is 2.47. The van der Waals surface area contributed by atoms with Crippen molar-refractivity contribution in [3.63, 3.8) is 0 Å². The molecule has 114 valence electrons. The van der Waals surface area contributed by atoms with Gasteiger partial charge in [0.15, 0.2) is 5.82 Å². The predicted octanol–water partition coefficient (Wildman–Crippen LogP) is 0.505. The number of aromatic nitrogens is 2. The molecular formula is C12H23N5O3. The highest BCUT2D eigenvalue weighted by Gasteiger charge is 2.10. The molecule has 1 rings (SSSR count). The molecule has 5 N–H and O–H groups in total. The number of nitrogen functional groups attached to an aromatic ring is 2. The first-order valence-corrected chi connectivity index (χ1v) is 6.49. The van der Waals surface area contributed by atoms with E-state index in [9.17, 15) is 0 Å². The van der Waals surface area contributed by atoms with Crippen LogP contribution in [0.5, 0.6) is 5.88 Å². The van der Waals surface area contributed by atoms with E-state index in [4.69, 9.17) is 25.7 Å². The Morgan fingerprint density at radius 1 is 1.05 bits per heavy atom. The normalized spacial score (nSPS) is 10.5. The smallest absolute Gasteiger partial charge is 0.244 e. The number of hydrogen-bond donors (Lipinski definition) is 3. The summed E-state index contributed by atoms with van der Waals surface area (Å²) in [5.74, 6) is 0.874. The number of hydrogen-bond acceptors (Lipinski definition) is 8. The van der Waals surface area contributed by atoms with Crippen LogP contribution < -0.4 is 21.5 Å². The second-order valence-corrected chi connectivity index (χ2v) is 4.06. The van der Waals surface area contributed by atoms with Gasteiger partial charge >= 0.3 is 0 Å². The molecule has 0 spiro atoms. The van der Waals surface area contributed by atoms with Crippen LogP contribution in [0.3, 0.4) is 0 Å². The molecule has 1 heterocycles. The fourth-order valence-electron chi connectivity index (χ4n) is 1.50. The summed E-state index contributed by atoms with van der Waals surface area (Å²) in [7, 11) is 3.38. The van der Waals surface area contributed by atoms with E-state index in [2.05, 4.69) is 15.3 Å². The number of rotatable bonds is 10. The van der Waals surface area contributed by atoms with Crippen LogP contribution in [0.1, 0.15) is 12.8 Å². The van der Waals surface area contributed by atoms with Crippen LogP contribution >= 0.6 is 0 Å². The standard InChI is InChI=1S/C12H23N5O3/c1-15-10-9(13)11(17-12(14)16-10)20-8-4-7-19-6-3-5-18-2/h3-8,13H2,1-2H3,(H3,14,15,16,17). The lowest BCUT2D eigenvalue weighted by Gasteiger charge is -2.11. The van der Waals surface area contributed by atoms with Crippen molar-refractivity contribution in [1.82, 2.24) is 9.97 Å². The topological polar surface area (TPSA) is 118 Å². The highest BCUT2D eigenvalue weighted by atomic mass is 16.5. The average molecular weight is 285 g/mol. The molecule has 0 saturated heterocycles. The van der Waals surface area contributed by atoms with Crippen molar-refractivity contribution >= 4 is 17.5 Å². The summed E-state index contributed by atoms with van der Waals surface area (Å²) >= 11 is 0. The molecule has 0 unspecified atom stereocenters. The van der Waals surface area contributed by atoms with E-state index in [0.717, 1.165) is 12.8 Å². The first kappa shape index (κ1) is 16.3. The van der Waals surface area contributed by atoms with Gasteiger partial charge in [0, 0.05) is 40.4 Å². The maximum Gasteiger partial charge on any atom is 0.244 e. The summed E-state index contributed by atoms with van der Waals surface area (Å²) in [6.45, 7) is 2.46. The molecule has 20 heavy (non-hydrogen) atoms. The molecule has 0 amide bonds. The van der Waals surface area contributed by atoms with Gasteiger partial charge in [-0.3, -0.25) is 0 Å². The van der Waals surface area contributed by atoms with E-state index in [1.165, 1.54) is 0 Å². The van der Waals surface area contributed by atoms with Gasteiger partial charge in [0.1, 0.15) is 5.69 Å². The van der Waals surface area contributed by atoms with Crippen LogP contribution in [0.25, 0.3) is 0 Å². The van der Waals surface area contributed by atoms with Crippen molar-refractivity contribution in [2.75, 3.05) is 57.4 Å². The molecule has 0 radical (unpaired) electrons. The van der Waals surface area contributed by atoms with E-state index in [0.29, 0.717) is 43.8 Å². The minimum atomic E-state index is 0.120. The molecule has 8 nitrogen and oxygen atoms in total. The van der Waals surface area contributed by atoms with Gasteiger partial charge in [-0.25, -0.2) is 0 Å². The fourth-order valence-corrected chi connectivity index (χ4v) is 1.50. The van der Waals surface area contributed by atoms with E-state index in [-0.39, 0.29) is 5.95 Å². The largest absolute Gasteiger partial charge is 0.476 e. The number of nitrogens with one attached hydrogen (secondary N) is 1. The van der Waals surface area contributed by atoms with E-state index >= 15 is 0 Å². The Hall–Kier alpha value is -1.80. The Labute approximate surface area is 118 Å². The van der Waals surface area contributed by atoms with Crippen LogP contribution in [-0.2, 0) is 9.47 Å². The number of nitrogens with two attached hydrogens (primary N) is 2. The van der Waals surface area contributed by atoms with Crippen LogP contribution in [0.2, 0.25) is 0 Å². The van der Waals surface area contributed by atoms with Gasteiger partial charge in [-0.05, 0) is 6.42 Å². The van der Waals surface area contributed by atoms with Crippen molar-refractivity contribution in [2.24, 2.45) is 0 Å². The van der Waals surface area contributed by atoms with Gasteiger partial charge < -0.3 is 31.0 Å². The van der Waals surface area contributed by atoms with Gasteiger partial charge in [0.2, 0.25) is 11.8 Å². The number of methoxy groups -OCH3 is 1. The number of nitrogens with zero attached hydrogens (tertiary/aromatic N) is 2. The monoisotopic (exact) mass is 285 g/mol. The summed E-state index contributed by atoms with van der Waals surface area (Å²) in [6, 6.07) is 0. The predicted molar refractivity (Wildman–Crippen MR) is 77.8 cm³/mol. The van der Waals surface area contributed by atoms with Crippen molar-refractivity contribution in [3.8, 4) is 5.88 Å². The molecule has 0 saturated carbocycles. The zero-order chi connectivity index (χ0) is 14.8. The van der Waals surface area contributed by atoms with Crippen molar-refractivity contribution in [3.05, 3.63) is 0 Å². The highest BCUT2D eigenvalue weighted by Crippen LogP contribution is 2.26. The Bertz CT molecular complexity index is 403. The Morgan fingerprint density at radius 2 is 1.75 bits per heavy atom. The molecule has 1 aromatic heterocycles. The second-order valence-electron chi connectivity index (χ2n) is 4.06. The maximum absolute atomic E-state index is 5.85. The van der Waals surface area contributed by atoms with Gasteiger partial charge in [0.05, 0.1) is 6.61 Å². The molecule has 0 atom stereocenters. The van der Waals surface area contributed by atoms with Crippen LogP contribution in [-0.4, -0.2) is 50.6 Å². The minimum Gasteiger partial charge on any atom is -0.476 e. The molecule has 0 bridgehead atoms. The first-order valence-electron chi connectivity index (χ1n) is 6.49. The Kier molecular flexibility index (Phi) is 7.44. The molecule has 0 fully saturated rings. The first-order chi connectivity index (χ1) is 9.69. The van der Waals surface area contributed by atoms with Gasteiger partial charge in [-0.15, -0.1) is 0 Å².